The number of aromatic hydroxyl groups is 1. The number of carbonyl (C=O) groups is 1. The quantitative estimate of drug-likeness (QED) is 0.685. The Labute approximate surface area is 125 Å². The number of para-hydroxylation sites is 1. The summed E-state index contributed by atoms with van der Waals surface area (Å²) in [6.07, 6.45) is 0. The van der Waals surface area contributed by atoms with Crippen molar-refractivity contribution in [3.63, 3.8) is 0 Å². The lowest BCUT2D eigenvalue weighted by atomic mass is 10.1. The van der Waals surface area contributed by atoms with E-state index in [1.54, 1.807) is 25.1 Å². The van der Waals surface area contributed by atoms with E-state index in [0.29, 0.717) is 22.6 Å². The monoisotopic (exact) mass is 299 g/mol. The summed E-state index contributed by atoms with van der Waals surface area (Å²) in [5, 5.41) is 19.6. The Morgan fingerprint density at radius 3 is 2.77 bits per heavy atom. The first kappa shape index (κ1) is 13.9. The number of methoxy groups -OCH3 is 1. The van der Waals surface area contributed by atoms with E-state index in [4.69, 9.17) is 4.74 Å². The van der Waals surface area contributed by atoms with Crippen molar-refractivity contribution < 1.29 is 19.7 Å². The largest absolute Gasteiger partial charge is 0.504 e. The number of ether oxygens (including phenoxy) is 1. The van der Waals surface area contributed by atoms with Crippen LogP contribution in [0.5, 0.6) is 11.5 Å². The van der Waals surface area contributed by atoms with Crippen LogP contribution in [0.25, 0.3) is 22.4 Å². The van der Waals surface area contributed by atoms with Crippen LogP contribution in [0.4, 0.5) is 0 Å². The van der Waals surface area contributed by atoms with Gasteiger partial charge in [-0.05, 0) is 25.1 Å². The van der Waals surface area contributed by atoms with Gasteiger partial charge >= 0.3 is 5.97 Å². The lowest BCUT2D eigenvalue weighted by molar-refractivity contribution is 0.0699. The first-order valence-electron chi connectivity index (χ1n) is 6.48. The average molecular weight is 299 g/mol. The fourth-order valence-electron chi connectivity index (χ4n) is 2.30. The van der Waals surface area contributed by atoms with Gasteiger partial charge in [0.2, 0.25) is 0 Å². The Morgan fingerprint density at radius 1 is 1.32 bits per heavy atom. The molecule has 7 heteroatoms. The number of hydrogen-bond donors (Lipinski definition) is 3. The van der Waals surface area contributed by atoms with E-state index in [9.17, 15) is 15.0 Å². The van der Waals surface area contributed by atoms with E-state index < -0.39 is 5.97 Å². The van der Waals surface area contributed by atoms with E-state index in [2.05, 4.69) is 15.0 Å². The molecule has 0 aliphatic carbocycles. The third-order valence-electron chi connectivity index (χ3n) is 3.31. The maximum absolute atomic E-state index is 11.5. The SMILES string of the molecule is COc1cccc(-c2cc(C(=O)O)c3[nH]c(C)nc3n2)c1O. The molecule has 0 radical (unpaired) electrons. The van der Waals surface area contributed by atoms with Gasteiger partial charge in [0, 0.05) is 5.56 Å². The summed E-state index contributed by atoms with van der Waals surface area (Å²) in [6, 6.07) is 6.33. The number of phenolic OH excluding ortho intramolecular Hbond substituents is 1. The molecule has 0 saturated heterocycles. The molecule has 0 fully saturated rings. The van der Waals surface area contributed by atoms with Crippen molar-refractivity contribution in [2.75, 3.05) is 7.11 Å². The number of aromatic nitrogens is 3. The van der Waals surface area contributed by atoms with Crippen molar-refractivity contribution >= 4 is 17.1 Å². The number of imidazole rings is 1. The summed E-state index contributed by atoms with van der Waals surface area (Å²) in [6.45, 7) is 1.72. The van der Waals surface area contributed by atoms with Gasteiger partial charge in [0.05, 0.1) is 23.9 Å². The van der Waals surface area contributed by atoms with Crippen LogP contribution in [0.3, 0.4) is 0 Å². The van der Waals surface area contributed by atoms with Crippen LogP contribution in [0, 0.1) is 6.92 Å². The first-order chi connectivity index (χ1) is 10.5. The van der Waals surface area contributed by atoms with Crippen LogP contribution in [-0.2, 0) is 0 Å². The molecule has 3 aromatic rings. The number of aromatic carboxylic acids is 1. The zero-order chi connectivity index (χ0) is 15.9. The fraction of sp³-hybridized carbons (Fsp3) is 0.133. The topological polar surface area (TPSA) is 108 Å². The number of nitrogens with zero attached hydrogens (tertiary/aromatic N) is 2. The van der Waals surface area contributed by atoms with E-state index in [0.717, 1.165) is 0 Å². The van der Waals surface area contributed by atoms with Crippen LogP contribution >= 0.6 is 0 Å². The summed E-state index contributed by atoms with van der Waals surface area (Å²) in [5.74, 6) is -0.341. The fourth-order valence-corrected chi connectivity index (χ4v) is 2.30. The van der Waals surface area contributed by atoms with Crippen LogP contribution in [0.15, 0.2) is 24.3 Å². The number of fused-ring (bicyclic) bond motifs is 1. The number of phenols is 1. The van der Waals surface area contributed by atoms with Gasteiger partial charge in [-0.15, -0.1) is 0 Å². The number of aromatic amines is 1. The number of nitrogens with one attached hydrogen (secondary N) is 1. The number of rotatable bonds is 3. The Morgan fingerprint density at radius 2 is 2.09 bits per heavy atom. The lowest BCUT2D eigenvalue weighted by Crippen LogP contribution is -2.00. The normalized spacial score (nSPS) is 10.8. The number of hydrogen-bond acceptors (Lipinski definition) is 5. The molecule has 0 spiro atoms. The number of aryl methyl sites for hydroxylation is 1. The molecule has 22 heavy (non-hydrogen) atoms. The molecule has 0 aliphatic rings. The average Bonchev–Trinajstić information content (AvgIpc) is 2.86. The summed E-state index contributed by atoms with van der Waals surface area (Å²) in [5.41, 5.74) is 1.38. The van der Waals surface area contributed by atoms with Gasteiger partial charge in [-0.2, -0.15) is 0 Å². The van der Waals surface area contributed by atoms with E-state index >= 15 is 0 Å². The summed E-state index contributed by atoms with van der Waals surface area (Å²) in [7, 11) is 1.44. The van der Waals surface area contributed by atoms with E-state index in [1.165, 1.54) is 13.2 Å². The molecule has 2 heterocycles. The van der Waals surface area contributed by atoms with Crippen molar-refractivity contribution in [2.24, 2.45) is 0 Å². The molecular weight excluding hydrogens is 286 g/mol. The third kappa shape index (κ3) is 2.12. The zero-order valence-corrected chi connectivity index (χ0v) is 11.9. The number of benzene rings is 1. The lowest BCUT2D eigenvalue weighted by Gasteiger charge is -2.09. The Bertz CT molecular complexity index is 886. The number of carboxylic acids is 1. The van der Waals surface area contributed by atoms with Gasteiger partial charge in [-0.3, -0.25) is 0 Å². The summed E-state index contributed by atoms with van der Waals surface area (Å²) in [4.78, 5) is 22.8. The van der Waals surface area contributed by atoms with Crippen LogP contribution in [-0.4, -0.2) is 38.2 Å². The van der Waals surface area contributed by atoms with Crippen molar-refractivity contribution in [1.82, 2.24) is 15.0 Å². The second kappa shape index (κ2) is 5.03. The van der Waals surface area contributed by atoms with Gasteiger partial charge in [0.15, 0.2) is 17.1 Å². The number of pyridine rings is 1. The molecule has 1 aromatic carbocycles. The second-order valence-corrected chi connectivity index (χ2v) is 4.74. The Kier molecular flexibility index (Phi) is 3.17. The van der Waals surface area contributed by atoms with E-state index in [1.807, 2.05) is 0 Å². The maximum atomic E-state index is 11.5. The summed E-state index contributed by atoms with van der Waals surface area (Å²) < 4.78 is 5.06. The van der Waals surface area contributed by atoms with Crippen molar-refractivity contribution in [1.29, 1.82) is 0 Å². The van der Waals surface area contributed by atoms with E-state index in [-0.39, 0.29) is 22.7 Å². The van der Waals surface area contributed by atoms with Crippen molar-refractivity contribution in [3.05, 3.63) is 35.7 Å². The minimum atomic E-state index is -1.10. The molecular formula is C15H13N3O4. The van der Waals surface area contributed by atoms with Crippen molar-refractivity contribution in [3.8, 4) is 22.8 Å². The van der Waals surface area contributed by atoms with Crippen LogP contribution < -0.4 is 4.74 Å². The predicted octanol–water partition coefficient (Wildman–Crippen LogP) is 2.35. The third-order valence-corrected chi connectivity index (χ3v) is 3.31. The highest BCUT2D eigenvalue weighted by atomic mass is 16.5. The molecule has 0 amide bonds. The standard InChI is InChI=1S/C15H13N3O4/c1-7-16-12-9(15(20)21)6-10(18-14(12)17-7)8-4-3-5-11(22-2)13(8)19/h3-6,19H,1-2H3,(H,20,21)(H,16,17,18). The van der Waals surface area contributed by atoms with Gasteiger partial charge < -0.3 is 19.9 Å². The highest BCUT2D eigenvalue weighted by Crippen LogP contribution is 2.36. The Hall–Kier alpha value is -3.09. The van der Waals surface area contributed by atoms with Gasteiger partial charge in [0.1, 0.15) is 5.82 Å². The molecule has 3 rings (SSSR count). The first-order valence-corrected chi connectivity index (χ1v) is 6.48. The minimum absolute atomic E-state index is 0.0443. The molecule has 2 aromatic heterocycles. The molecule has 0 aliphatic heterocycles. The molecule has 3 N–H and O–H groups in total. The molecule has 112 valence electrons. The zero-order valence-electron chi connectivity index (χ0n) is 11.9. The number of carboxylic acid groups (broad SMARTS) is 1. The number of H-pyrrole nitrogens is 1. The smallest absolute Gasteiger partial charge is 0.338 e. The van der Waals surface area contributed by atoms with Gasteiger partial charge in [0.25, 0.3) is 0 Å². The van der Waals surface area contributed by atoms with Gasteiger partial charge in [-0.25, -0.2) is 14.8 Å². The molecule has 0 atom stereocenters. The molecule has 0 unspecified atom stereocenters. The maximum Gasteiger partial charge on any atom is 0.338 e. The highest BCUT2D eigenvalue weighted by Gasteiger charge is 2.18. The van der Waals surface area contributed by atoms with Crippen molar-refractivity contribution in [2.45, 2.75) is 6.92 Å². The minimum Gasteiger partial charge on any atom is -0.504 e. The van der Waals surface area contributed by atoms with Gasteiger partial charge in [-0.1, -0.05) is 6.07 Å². The molecule has 0 bridgehead atoms. The highest BCUT2D eigenvalue weighted by molar-refractivity contribution is 6.01. The Balaban J connectivity index is 2.30. The second-order valence-electron chi connectivity index (χ2n) is 4.74. The molecule has 7 nitrogen and oxygen atoms in total. The predicted molar refractivity (Wildman–Crippen MR) is 79.2 cm³/mol. The van der Waals surface area contributed by atoms with Crippen LogP contribution in [0.2, 0.25) is 0 Å². The van der Waals surface area contributed by atoms with Crippen LogP contribution in [0.1, 0.15) is 16.2 Å². The molecule has 0 saturated carbocycles. The summed E-state index contributed by atoms with van der Waals surface area (Å²) >= 11 is 0.